The predicted molar refractivity (Wildman–Crippen MR) is 71.9 cm³/mol. The van der Waals surface area contributed by atoms with E-state index in [1.54, 1.807) is 6.08 Å². The van der Waals surface area contributed by atoms with Crippen molar-refractivity contribution in [2.24, 2.45) is 10.4 Å². The van der Waals surface area contributed by atoms with Gasteiger partial charge >= 0.3 is 0 Å². The molecule has 0 heterocycles. The van der Waals surface area contributed by atoms with Crippen LogP contribution < -0.4 is 0 Å². The van der Waals surface area contributed by atoms with Crippen LogP contribution in [-0.4, -0.2) is 12.1 Å². The van der Waals surface area contributed by atoms with Crippen LogP contribution in [0.15, 0.2) is 4.99 Å². The van der Waals surface area contributed by atoms with Crippen LogP contribution in [-0.2, 0) is 4.79 Å². The maximum atomic E-state index is 10.3. The molecule has 0 radical (unpaired) electrons. The lowest BCUT2D eigenvalue weighted by Crippen LogP contribution is -2.29. The van der Waals surface area contributed by atoms with Gasteiger partial charge in [-0.15, -0.1) is 0 Å². The van der Waals surface area contributed by atoms with Crippen molar-refractivity contribution in [3.8, 4) is 0 Å². The number of rotatable bonds is 7. The maximum Gasteiger partial charge on any atom is 0.235 e. The minimum Gasteiger partial charge on any atom is -0.211 e. The van der Waals surface area contributed by atoms with Crippen molar-refractivity contribution in [2.75, 3.05) is 0 Å². The van der Waals surface area contributed by atoms with Crippen molar-refractivity contribution in [1.82, 2.24) is 0 Å². The zero-order valence-corrected chi connectivity index (χ0v) is 11.5. The number of hydrogen-bond acceptors (Lipinski definition) is 2. The highest BCUT2D eigenvalue weighted by atomic mass is 16.1. The Morgan fingerprint density at radius 2 is 1.65 bits per heavy atom. The molecule has 0 spiro atoms. The molecule has 1 saturated carbocycles. The molecule has 17 heavy (non-hydrogen) atoms. The smallest absolute Gasteiger partial charge is 0.211 e. The van der Waals surface area contributed by atoms with E-state index < -0.39 is 0 Å². The van der Waals surface area contributed by atoms with Crippen molar-refractivity contribution < 1.29 is 4.79 Å². The van der Waals surface area contributed by atoms with Crippen LogP contribution in [0.25, 0.3) is 0 Å². The standard InChI is InChI=1S/C15H27NO/c1-3-5-9-15(10-6-4-2)11-7-14(8-12-15)16-13-17/h14H,3-12H2,1-2H3. The molecular formula is C15H27NO. The lowest BCUT2D eigenvalue weighted by molar-refractivity contribution is 0.138. The molecule has 0 unspecified atom stereocenters. The first-order valence-corrected chi connectivity index (χ1v) is 7.33. The number of aliphatic imine (C=N–C) groups is 1. The Kier molecular flexibility index (Phi) is 6.50. The molecule has 0 atom stereocenters. The first-order valence-electron chi connectivity index (χ1n) is 7.33. The van der Waals surface area contributed by atoms with Crippen LogP contribution in [0.4, 0.5) is 0 Å². The molecule has 0 bridgehead atoms. The van der Waals surface area contributed by atoms with Crippen molar-refractivity contribution in [1.29, 1.82) is 0 Å². The predicted octanol–water partition coefficient (Wildman–Crippen LogP) is 4.63. The average Bonchev–Trinajstić information content (AvgIpc) is 2.37. The van der Waals surface area contributed by atoms with Gasteiger partial charge in [-0.05, 0) is 43.9 Å². The van der Waals surface area contributed by atoms with Gasteiger partial charge in [-0.3, -0.25) is 0 Å². The van der Waals surface area contributed by atoms with E-state index in [0.717, 1.165) is 12.8 Å². The minimum absolute atomic E-state index is 0.267. The molecule has 1 aliphatic rings. The first-order chi connectivity index (χ1) is 8.26. The monoisotopic (exact) mass is 237 g/mol. The summed E-state index contributed by atoms with van der Waals surface area (Å²) in [5.41, 5.74) is 0.570. The van der Waals surface area contributed by atoms with Crippen LogP contribution in [0.3, 0.4) is 0 Å². The van der Waals surface area contributed by atoms with Gasteiger partial charge in [0, 0.05) is 0 Å². The van der Waals surface area contributed by atoms with Gasteiger partial charge in [0.1, 0.15) is 0 Å². The quantitative estimate of drug-likeness (QED) is 0.469. The van der Waals surface area contributed by atoms with Crippen molar-refractivity contribution in [3.63, 3.8) is 0 Å². The van der Waals surface area contributed by atoms with Gasteiger partial charge in [0.05, 0.1) is 6.04 Å². The van der Waals surface area contributed by atoms with E-state index in [9.17, 15) is 4.79 Å². The number of unbranched alkanes of at least 4 members (excludes halogenated alkanes) is 2. The Morgan fingerprint density at radius 3 is 2.06 bits per heavy atom. The SMILES string of the molecule is CCCCC1(CCCC)CCC(N=C=O)CC1. The normalized spacial score (nSPS) is 19.9. The molecule has 0 amide bonds. The van der Waals surface area contributed by atoms with E-state index in [2.05, 4.69) is 18.8 Å². The number of nitrogens with zero attached hydrogens (tertiary/aromatic N) is 1. The number of isocyanates is 1. The van der Waals surface area contributed by atoms with Crippen LogP contribution >= 0.6 is 0 Å². The molecular weight excluding hydrogens is 210 g/mol. The van der Waals surface area contributed by atoms with Gasteiger partial charge in [-0.1, -0.05) is 39.5 Å². The molecule has 0 N–H and O–H groups in total. The molecule has 0 aromatic rings. The van der Waals surface area contributed by atoms with E-state index in [0.29, 0.717) is 5.41 Å². The van der Waals surface area contributed by atoms with Crippen LogP contribution in [0.1, 0.15) is 78.1 Å². The Morgan fingerprint density at radius 1 is 1.12 bits per heavy atom. The molecule has 1 rings (SSSR count). The molecule has 1 aliphatic carbocycles. The van der Waals surface area contributed by atoms with Gasteiger partial charge in [-0.25, -0.2) is 9.79 Å². The van der Waals surface area contributed by atoms with E-state index in [1.807, 2.05) is 0 Å². The summed E-state index contributed by atoms with van der Waals surface area (Å²) in [6.07, 6.45) is 14.5. The molecule has 0 aromatic heterocycles. The third kappa shape index (κ3) is 4.63. The van der Waals surface area contributed by atoms with Gasteiger partial charge < -0.3 is 0 Å². The molecule has 1 fully saturated rings. The third-order valence-corrected chi connectivity index (χ3v) is 4.37. The highest BCUT2D eigenvalue weighted by Gasteiger charge is 2.33. The van der Waals surface area contributed by atoms with Crippen LogP contribution in [0, 0.1) is 5.41 Å². The fourth-order valence-electron chi connectivity index (χ4n) is 3.15. The molecule has 0 aliphatic heterocycles. The van der Waals surface area contributed by atoms with Gasteiger partial charge in [-0.2, -0.15) is 0 Å². The summed E-state index contributed by atoms with van der Waals surface area (Å²) < 4.78 is 0. The van der Waals surface area contributed by atoms with Crippen LogP contribution in [0.5, 0.6) is 0 Å². The second kappa shape index (κ2) is 7.66. The summed E-state index contributed by atoms with van der Waals surface area (Å²) in [5.74, 6) is 0. The summed E-state index contributed by atoms with van der Waals surface area (Å²) in [6.45, 7) is 4.55. The lowest BCUT2D eigenvalue weighted by atomic mass is 9.67. The molecule has 0 saturated heterocycles. The van der Waals surface area contributed by atoms with E-state index in [1.165, 1.54) is 51.4 Å². The second-order valence-electron chi connectivity index (χ2n) is 5.66. The lowest BCUT2D eigenvalue weighted by Gasteiger charge is -2.39. The Labute approximate surface area is 106 Å². The van der Waals surface area contributed by atoms with E-state index in [-0.39, 0.29) is 6.04 Å². The highest BCUT2D eigenvalue weighted by molar-refractivity contribution is 5.33. The summed E-state index contributed by atoms with van der Waals surface area (Å²) in [6, 6.07) is 0.267. The van der Waals surface area contributed by atoms with Crippen molar-refractivity contribution in [3.05, 3.63) is 0 Å². The van der Waals surface area contributed by atoms with E-state index in [4.69, 9.17) is 0 Å². The fourth-order valence-corrected chi connectivity index (χ4v) is 3.15. The maximum absolute atomic E-state index is 10.3. The molecule has 2 nitrogen and oxygen atoms in total. The third-order valence-electron chi connectivity index (χ3n) is 4.37. The minimum atomic E-state index is 0.267. The number of hydrogen-bond donors (Lipinski definition) is 0. The zero-order valence-electron chi connectivity index (χ0n) is 11.5. The summed E-state index contributed by atoms with van der Waals surface area (Å²) in [7, 11) is 0. The Hall–Kier alpha value is -0.620. The first kappa shape index (κ1) is 14.4. The van der Waals surface area contributed by atoms with Gasteiger partial charge in [0.25, 0.3) is 0 Å². The topological polar surface area (TPSA) is 29.4 Å². The van der Waals surface area contributed by atoms with Crippen molar-refractivity contribution in [2.45, 2.75) is 84.1 Å². The Balaban J connectivity index is 2.51. The van der Waals surface area contributed by atoms with E-state index >= 15 is 0 Å². The Bertz CT molecular complexity index is 238. The summed E-state index contributed by atoms with van der Waals surface area (Å²) in [4.78, 5) is 14.2. The second-order valence-corrected chi connectivity index (χ2v) is 5.66. The number of carbonyl (C=O) groups excluding carboxylic acids is 1. The summed E-state index contributed by atoms with van der Waals surface area (Å²) in [5, 5.41) is 0. The highest BCUT2D eigenvalue weighted by Crippen LogP contribution is 2.45. The van der Waals surface area contributed by atoms with Gasteiger partial charge in [0.15, 0.2) is 0 Å². The molecule has 0 aromatic carbocycles. The fraction of sp³-hybridized carbons (Fsp3) is 0.933. The molecule has 98 valence electrons. The zero-order chi connectivity index (χ0) is 12.6. The molecule has 2 heteroatoms. The summed E-state index contributed by atoms with van der Waals surface area (Å²) >= 11 is 0. The van der Waals surface area contributed by atoms with Crippen LogP contribution in [0.2, 0.25) is 0 Å². The average molecular weight is 237 g/mol. The van der Waals surface area contributed by atoms with Gasteiger partial charge in [0.2, 0.25) is 6.08 Å². The largest absolute Gasteiger partial charge is 0.235 e. The van der Waals surface area contributed by atoms with Crippen molar-refractivity contribution >= 4 is 6.08 Å².